The normalized spacial score (nSPS) is 13.4. The molecule has 0 radical (unpaired) electrons. The fourth-order valence-corrected chi connectivity index (χ4v) is 2.57. The van der Waals surface area contributed by atoms with Crippen LogP contribution in [0, 0.1) is 0 Å². The van der Waals surface area contributed by atoms with E-state index in [4.69, 9.17) is 21.7 Å². The lowest BCUT2D eigenvalue weighted by molar-refractivity contribution is 0.347. The average Bonchev–Trinajstić information content (AvgIpc) is 2.50. The summed E-state index contributed by atoms with van der Waals surface area (Å²) in [5.74, 6) is 1.55. The summed E-state index contributed by atoms with van der Waals surface area (Å²) in [6.07, 6.45) is 2.75. The summed E-state index contributed by atoms with van der Waals surface area (Å²) >= 11 is 5.39. The molecule has 0 aliphatic carbocycles. The number of rotatable bonds is 4. The van der Waals surface area contributed by atoms with Gasteiger partial charge in [0.15, 0.2) is 16.6 Å². The molecule has 1 aromatic carbocycles. The third-order valence-corrected chi connectivity index (χ3v) is 3.81. The van der Waals surface area contributed by atoms with E-state index in [-0.39, 0.29) is 0 Å². The maximum atomic E-state index is 5.39. The molecule has 1 heterocycles. The summed E-state index contributed by atoms with van der Waals surface area (Å²) in [4.78, 5) is 2.16. The molecule has 0 atom stereocenters. The molecule has 0 saturated carbocycles. The van der Waals surface area contributed by atoms with E-state index in [0.29, 0.717) is 6.54 Å². The topological polar surface area (TPSA) is 33.7 Å². The Bertz CT molecular complexity index is 517. The van der Waals surface area contributed by atoms with Crippen molar-refractivity contribution in [3.8, 4) is 11.5 Å². The molecular formula is C15H20N2O2S. The van der Waals surface area contributed by atoms with E-state index in [2.05, 4.69) is 22.9 Å². The Morgan fingerprint density at radius 2 is 2.00 bits per heavy atom. The van der Waals surface area contributed by atoms with Crippen LogP contribution < -0.4 is 14.8 Å². The van der Waals surface area contributed by atoms with E-state index in [1.165, 1.54) is 11.1 Å². The van der Waals surface area contributed by atoms with Gasteiger partial charge < -0.3 is 19.7 Å². The summed E-state index contributed by atoms with van der Waals surface area (Å²) in [6, 6.07) is 4.10. The maximum absolute atomic E-state index is 5.39. The molecule has 20 heavy (non-hydrogen) atoms. The van der Waals surface area contributed by atoms with Gasteiger partial charge in [0.1, 0.15) is 0 Å². The summed E-state index contributed by atoms with van der Waals surface area (Å²) in [5, 5.41) is 3.94. The van der Waals surface area contributed by atoms with Gasteiger partial charge in [0, 0.05) is 19.6 Å². The van der Waals surface area contributed by atoms with Crippen molar-refractivity contribution in [3.05, 3.63) is 35.9 Å². The Hall–Kier alpha value is -1.75. The van der Waals surface area contributed by atoms with Crippen LogP contribution in [-0.2, 0) is 13.0 Å². The van der Waals surface area contributed by atoms with Gasteiger partial charge >= 0.3 is 0 Å². The Kier molecular flexibility index (Phi) is 4.84. The number of nitrogens with zero attached hydrogens (tertiary/aromatic N) is 1. The molecule has 1 aliphatic rings. The lowest BCUT2D eigenvalue weighted by Crippen LogP contribution is -2.42. The predicted octanol–water partition coefficient (Wildman–Crippen LogP) is 2.12. The van der Waals surface area contributed by atoms with Crippen molar-refractivity contribution in [1.82, 2.24) is 10.2 Å². The molecule has 0 aromatic heterocycles. The first-order valence-electron chi connectivity index (χ1n) is 6.57. The third-order valence-electron chi connectivity index (χ3n) is 3.40. The van der Waals surface area contributed by atoms with Crippen LogP contribution in [0.2, 0.25) is 0 Å². The number of nitrogens with one attached hydrogen (secondary N) is 1. The monoisotopic (exact) mass is 292 g/mol. The summed E-state index contributed by atoms with van der Waals surface area (Å²) < 4.78 is 10.7. The Labute approximate surface area is 125 Å². The molecule has 1 N–H and O–H groups in total. The Balaban J connectivity index is 2.17. The van der Waals surface area contributed by atoms with E-state index < -0.39 is 0 Å². The van der Waals surface area contributed by atoms with Crippen LogP contribution in [0.4, 0.5) is 0 Å². The second-order valence-corrected chi connectivity index (χ2v) is 5.01. The van der Waals surface area contributed by atoms with E-state index in [1.54, 1.807) is 20.3 Å². The zero-order chi connectivity index (χ0) is 14.5. The van der Waals surface area contributed by atoms with Gasteiger partial charge in [0.2, 0.25) is 0 Å². The van der Waals surface area contributed by atoms with Crippen LogP contribution in [-0.4, -0.2) is 37.3 Å². The Morgan fingerprint density at radius 1 is 1.35 bits per heavy atom. The average molecular weight is 292 g/mol. The molecule has 0 amide bonds. The van der Waals surface area contributed by atoms with Gasteiger partial charge in [0.25, 0.3) is 0 Å². The van der Waals surface area contributed by atoms with Gasteiger partial charge in [-0.15, -0.1) is 6.58 Å². The van der Waals surface area contributed by atoms with Gasteiger partial charge in [-0.1, -0.05) is 6.08 Å². The second-order valence-electron chi connectivity index (χ2n) is 4.62. The minimum atomic E-state index is 0.689. The number of benzene rings is 1. The van der Waals surface area contributed by atoms with Crippen LogP contribution in [0.25, 0.3) is 0 Å². The van der Waals surface area contributed by atoms with Crippen molar-refractivity contribution >= 4 is 17.3 Å². The zero-order valence-corrected chi connectivity index (χ0v) is 12.8. The minimum Gasteiger partial charge on any atom is -0.493 e. The highest BCUT2D eigenvalue weighted by atomic mass is 32.1. The maximum Gasteiger partial charge on any atom is 0.169 e. The first kappa shape index (κ1) is 14.7. The standard InChI is InChI=1S/C15H20N2O2S/c1-4-6-16-15(20)17-7-5-11-8-13(18-2)14(19-3)9-12(11)10-17/h4,8-9H,1,5-7,10H2,2-3H3,(H,16,20). The minimum absolute atomic E-state index is 0.689. The summed E-state index contributed by atoms with van der Waals surface area (Å²) in [7, 11) is 3.31. The molecule has 2 rings (SSSR count). The first-order chi connectivity index (χ1) is 9.69. The number of fused-ring (bicyclic) bond motifs is 1. The van der Waals surface area contributed by atoms with E-state index in [0.717, 1.165) is 36.1 Å². The van der Waals surface area contributed by atoms with E-state index in [1.807, 2.05) is 6.07 Å². The van der Waals surface area contributed by atoms with E-state index >= 15 is 0 Å². The molecule has 0 bridgehead atoms. The van der Waals surface area contributed by atoms with E-state index in [9.17, 15) is 0 Å². The molecule has 0 fully saturated rings. The fraction of sp³-hybridized carbons (Fsp3) is 0.400. The SMILES string of the molecule is C=CCNC(=S)N1CCc2cc(OC)c(OC)cc2C1. The number of hydrogen-bond donors (Lipinski definition) is 1. The first-order valence-corrected chi connectivity index (χ1v) is 6.98. The quantitative estimate of drug-likeness (QED) is 0.679. The van der Waals surface area contributed by atoms with Gasteiger partial charge in [-0.2, -0.15) is 0 Å². The Morgan fingerprint density at radius 3 is 2.60 bits per heavy atom. The summed E-state index contributed by atoms with van der Waals surface area (Å²) in [6.45, 7) is 6.07. The van der Waals surface area contributed by atoms with Crippen molar-refractivity contribution in [2.75, 3.05) is 27.3 Å². The zero-order valence-electron chi connectivity index (χ0n) is 11.9. The van der Waals surface area contributed by atoms with Gasteiger partial charge in [0.05, 0.1) is 14.2 Å². The molecule has 108 valence electrons. The highest BCUT2D eigenvalue weighted by Gasteiger charge is 2.20. The molecule has 1 aromatic rings. The van der Waals surface area contributed by atoms with Crippen molar-refractivity contribution in [2.45, 2.75) is 13.0 Å². The lowest BCUT2D eigenvalue weighted by Gasteiger charge is -2.31. The number of methoxy groups -OCH3 is 2. The lowest BCUT2D eigenvalue weighted by atomic mass is 9.99. The molecule has 4 nitrogen and oxygen atoms in total. The molecule has 0 saturated heterocycles. The molecule has 5 heteroatoms. The van der Waals surface area contributed by atoms with Crippen molar-refractivity contribution < 1.29 is 9.47 Å². The van der Waals surface area contributed by atoms with Gasteiger partial charge in [-0.25, -0.2) is 0 Å². The van der Waals surface area contributed by atoms with Crippen LogP contribution >= 0.6 is 12.2 Å². The molecular weight excluding hydrogens is 272 g/mol. The number of thiocarbonyl (C=S) groups is 1. The largest absolute Gasteiger partial charge is 0.493 e. The van der Waals surface area contributed by atoms with Crippen molar-refractivity contribution in [2.24, 2.45) is 0 Å². The van der Waals surface area contributed by atoms with Gasteiger partial charge in [-0.3, -0.25) is 0 Å². The van der Waals surface area contributed by atoms with Crippen LogP contribution in [0.15, 0.2) is 24.8 Å². The van der Waals surface area contributed by atoms with Gasteiger partial charge in [-0.05, 0) is 41.9 Å². The van der Waals surface area contributed by atoms with Crippen LogP contribution in [0.5, 0.6) is 11.5 Å². The van der Waals surface area contributed by atoms with Crippen molar-refractivity contribution in [1.29, 1.82) is 0 Å². The number of ether oxygens (including phenoxy) is 2. The van der Waals surface area contributed by atoms with Crippen molar-refractivity contribution in [3.63, 3.8) is 0 Å². The predicted molar refractivity (Wildman–Crippen MR) is 84.5 cm³/mol. The highest BCUT2D eigenvalue weighted by molar-refractivity contribution is 7.80. The smallest absolute Gasteiger partial charge is 0.169 e. The molecule has 0 spiro atoms. The molecule has 1 aliphatic heterocycles. The second kappa shape index (κ2) is 6.61. The molecule has 0 unspecified atom stereocenters. The summed E-state index contributed by atoms with van der Waals surface area (Å²) in [5.41, 5.74) is 2.53. The highest BCUT2D eigenvalue weighted by Crippen LogP contribution is 2.33. The number of hydrogen-bond acceptors (Lipinski definition) is 3. The van der Waals surface area contributed by atoms with Crippen LogP contribution in [0.1, 0.15) is 11.1 Å². The fourth-order valence-electron chi connectivity index (χ4n) is 2.33. The van der Waals surface area contributed by atoms with Crippen LogP contribution in [0.3, 0.4) is 0 Å². The third kappa shape index (κ3) is 3.04.